The average molecular weight is 585 g/mol. The first kappa shape index (κ1) is 27.6. The number of carbonyl (C=O) groups is 1. The van der Waals surface area contributed by atoms with E-state index in [2.05, 4.69) is 115 Å². The predicted molar refractivity (Wildman–Crippen MR) is 178 cm³/mol. The summed E-state index contributed by atoms with van der Waals surface area (Å²) in [5, 5.41) is 1.27. The van der Waals surface area contributed by atoms with Gasteiger partial charge in [0.15, 0.2) is 0 Å². The Kier molecular flexibility index (Phi) is 7.12. The van der Waals surface area contributed by atoms with Crippen molar-refractivity contribution in [3.05, 3.63) is 120 Å². The van der Waals surface area contributed by atoms with Crippen LogP contribution in [0.3, 0.4) is 0 Å². The quantitative estimate of drug-likeness (QED) is 0.205. The normalized spacial score (nSPS) is 14.5. The Labute approximate surface area is 257 Å². The zero-order chi connectivity index (χ0) is 29.6. The van der Waals surface area contributed by atoms with Crippen LogP contribution < -0.4 is 0 Å². The van der Waals surface area contributed by atoms with E-state index in [-0.39, 0.29) is 11.3 Å². The van der Waals surface area contributed by atoms with Gasteiger partial charge in [-0.05, 0) is 52.8 Å². The fraction of sp³-hybridized carbons (Fsp3) is 0.243. The van der Waals surface area contributed by atoms with Gasteiger partial charge in [-0.3, -0.25) is 9.69 Å². The highest BCUT2D eigenvalue weighted by atomic mass is 32.1. The molecule has 3 aromatic heterocycles. The van der Waals surface area contributed by atoms with Gasteiger partial charge >= 0.3 is 0 Å². The summed E-state index contributed by atoms with van der Waals surface area (Å²) in [7, 11) is 0. The summed E-state index contributed by atoms with van der Waals surface area (Å²) in [6, 6.07) is 33.8. The van der Waals surface area contributed by atoms with Crippen molar-refractivity contribution in [3.63, 3.8) is 0 Å². The van der Waals surface area contributed by atoms with Crippen LogP contribution in [-0.2, 0) is 12.0 Å². The van der Waals surface area contributed by atoms with Crippen molar-refractivity contribution < 1.29 is 4.79 Å². The molecule has 1 fully saturated rings. The summed E-state index contributed by atoms with van der Waals surface area (Å²) in [4.78, 5) is 24.1. The number of hydrogen-bond donors (Lipinski definition) is 0. The van der Waals surface area contributed by atoms with Crippen molar-refractivity contribution in [2.24, 2.45) is 0 Å². The number of piperazine rings is 1. The Morgan fingerprint density at radius 1 is 0.814 bits per heavy atom. The molecule has 0 N–H and O–H groups in total. The molecule has 0 aliphatic carbocycles. The largest absolute Gasteiger partial charge is 0.336 e. The van der Waals surface area contributed by atoms with Gasteiger partial charge in [-0.1, -0.05) is 81.4 Å². The van der Waals surface area contributed by atoms with Crippen LogP contribution in [-0.4, -0.2) is 51.3 Å². The van der Waals surface area contributed by atoms with Crippen molar-refractivity contribution in [2.45, 2.75) is 32.7 Å². The van der Waals surface area contributed by atoms with E-state index in [1.54, 1.807) is 0 Å². The van der Waals surface area contributed by atoms with Gasteiger partial charge in [0.1, 0.15) is 5.65 Å². The maximum atomic E-state index is 13.3. The number of aromatic nitrogens is 2. The van der Waals surface area contributed by atoms with E-state index in [9.17, 15) is 4.79 Å². The maximum Gasteiger partial charge on any atom is 0.253 e. The smallest absolute Gasteiger partial charge is 0.253 e. The Morgan fingerprint density at radius 2 is 1.53 bits per heavy atom. The van der Waals surface area contributed by atoms with Gasteiger partial charge in [-0.15, -0.1) is 11.3 Å². The van der Waals surface area contributed by atoms with Gasteiger partial charge < -0.3 is 9.30 Å². The van der Waals surface area contributed by atoms with Gasteiger partial charge in [-0.2, -0.15) is 0 Å². The highest BCUT2D eigenvalue weighted by molar-refractivity contribution is 7.22. The van der Waals surface area contributed by atoms with Crippen LogP contribution in [0.5, 0.6) is 0 Å². The number of nitrogens with zero attached hydrogens (tertiary/aromatic N) is 4. The lowest BCUT2D eigenvalue weighted by molar-refractivity contribution is 0.0627. The summed E-state index contributed by atoms with van der Waals surface area (Å²) in [6.07, 6.45) is 2.25. The minimum atomic E-state index is 0.0717. The van der Waals surface area contributed by atoms with Gasteiger partial charge in [0, 0.05) is 65.2 Å². The van der Waals surface area contributed by atoms with Gasteiger partial charge in [0.25, 0.3) is 5.91 Å². The fourth-order valence-corrected chi connectivity index (χ4v) is 7.01. The first-order valence-electron chi connectivity index (χ1n) is 15.0. The van der Waals surface area contributed by atoms with Crippen LogP contribution in [0.1, 0.15) is 42.4 Å². The monoisotopic (exact) mass is 584 g/mol. The molecule has 1 amide bonds. The highest BCUT2D eigenvalue weighted by Crippen LogP contribution is 2.35. The number of imidazole rings is 1. The molecule has 43 heavy (non-hydrogen) atoms. The van der Waals surface area contributed by atoms with Crippen molar-refractivity contribution in [1.82, 2.24) is 19.2 Å². The van der Waals surface area contributed by atoms with E-state index >= 15 is 0 Å². The lowest BCUT2D eigenvalue weighted by Crippen LogP contribution is -2.48. The van der Waals surface area contributed by atoms with Crippen molar-refractivity contribution in [1.29, 1.82) is 0 Å². The number of benzene rings is 3. The molecule has 0 spiro atoms. The number of rotatable bonds is 5. The number of fused-ring (bicyclic) bond motifs is 2. The molecule has 7 rings (SSSR count). The minimum absolute atomic E-state index is 0.0717. The average Bonchev–Trinajstić information content (AvgIpc) is 3.63. The number of pyridine rings is 1. The highest BCUT2D eigenvalue weighted by Gasteiger charge is 2.25. The van der Waals surface area contributed by atoms with Gasteiger partial charge in [-0.25, -0.2) is 4.98 Å². The third-order valence-electron chi connectivity index (χ3n) is 8.51. The zero-order valence-electron chi connectivity index (χ0n) is 25.0. The minimum Gasteiger partial charge on any atom is -0.336 e. The van der Waals surface area contributed by atoms with E-state index in [4.69, 9.17) is 4.98 Å². The molecule has 3 aromatic carbocycles. The number of hydrogen-bond acceptors (Lipinski definition) is 4. The molecule has 4 heterocycles. The van der Waals surface area contributed by atoms with Crippen LogP contribution in [0.25, 0.3) is 37.4 Å². The molecule has 1 saturated heterocycles. The molecule has 0 radical (unpaired) electrons. The predicted octanol–water partition coefficient (Wildman–Crippen LogP) is 8.14. The van der Waals surface area contributed by atoms with Crippen molar-refractivity contribution in [3.8, 4) is 21.7 Å². The van der Waals surface area contributed by atoms with Crippen LogP contribution in [0, 0.1) is 0 Å². The summed E-state index contributed by atoms with van der Waals surface area (Å²) in [6.45, 7) is 10.4. The summed E-state index contributed by atoms with van der Waals surface area (Å²) < 4.78 is 3.57. The second kappa shape index (κ2) is 11.1. The first-order chi connectivity index (χ1) is 20.8. The molecule has 0 unspecified atom stereocenters. The molecule has 1 aliphatic heterocycles. The van der Waals surface area contributed by atoms with E-state index < -0.39 is 0 Å². The molecule has 216 valence electrons. The molecule has 6 heteroatoms. The maximum absolute atomic E-state index is 13.3. The Hall–Kier alpha value is -4.26. The summed E-state index contributed by atoms with van der Waals surface area (Å²) in [5.41, 5.74) is 7.55. The summed E-state index contributed by atoms with van der Waals surface area (Å²) >= 11 is 1.82. The van der Waals surface area contributed by atoms with Gasteiger partial charge in [0.05, 0.1) is 11.4 Å². The molecule has 0 saturated carbocycles. The standard InChI is InChI=1S/C37H36N4OS/c1-37(2,3)30-16-13-27(14-17-30)36(42)40-21-19-39(20-22-40)25-31-35(26-9-5-4-6-10-26)38-34-18-15-29(24-41(31)34)33-23-28-11-7-8-12-32(28)43-33/h4-18,23-24H,19-22,25H2,1-3H3. The third kappa shape index (κ3) is 5.49. The second-order valence-electron chi connectivity index (χ2n) is 12.5. The second-order valence-corrected chi connectivity index (χ2v) is 13.5. The molecule has 0 bridgehead atoms. The van der Waals surface area contributed by atoms with E-state index in [1.165, 1.54) is 31.8 Å². The number of thiophene rings is 1. The summed E-state index contributed by atoms with van der Waals surface area (Å²) in [5.74, 6) is 0.118. The van der Waals surface area contributed by atoms with Gasteiger partial charge in [0.2, 0.25) is 0 Å². The molecular weight excluding hydrogens is 549 g/mol. The van der Waals surface area contributed by atoms with Crippen LogP contribution in [0.15, 0.2) is 103 Å². The SMILES string of the molecule is CC(C)(C)c1ccc(C(=O)N2CCN(Cc3c(-c4ccccc4)nc4ccc(-c5cc6ccccc6s5)cn34)CC2)cc1. The Morgan fingerprint density at radius 3 is 2.26 bits per heavy atom. The molecule has 1 aliphatic rings. The van der Waals surface area contributed by atoms with Crippen molar-refractivity contribution >= 4 is 33.0 Å². The first-order valence-corrected chi connectivity index (χ1v) is 15.8. The van der Waals surface area contributed by atoms with Crippen LogP contribution in [0.2, 0.25) is 0 Å². The number of carbonyl (C=O) groups excluding carboxylic acids is 1. The van der Waals surface area contributed by atoms with Crippen LogP contribution in [0.4, 0.5) is 0 Å². The van der Waals surface area contributed by atoms with E-state index in [0.29, 0.717) is 13.1 Å². The third-order valence-corrected chi connectivity index (χ3v) is 9.67. The fourth-order valence-electron chi connectivity index (χ4n) is 5.96. The lowest BCUT2D eigenvalue weighted by atomic mass is 9.86. The molecule has 6 aromatic rings. The molecule has 5 nitrogen and oxygen atoms in total. The molecule has 0 atom stereocenters. The van der Waals surface area contributed by atoms with Crippen molar-refractivity contribution in [2.75, 3.05) is 26.2 Å². The number of amides is 1. The Balaban J connectivity index is 1.15. The topological polar surface area (TPSA) is 40.9 Å². The lowest BCUT2D eigenvalue weighted by Gasteiger charge is -2.35. The zero-order valence-corrected chi connectivity index (χ0v) is 25.8. The van der Waals surface area contributed by atoms with E-state index in [1.807, 2.05) is 34.4 Å². The van der Waals surface area contributed by atoms with Crippen LogP contribution >= 0.6 is 11.3 Å². The van der Waals surface area contributed by atoms with E-state index in [0.717, 1.165) is 42.1 Å². The molecular formula is C37H36N4OS. The Bertz CT molecular complexity index is 1870.